The third kappa shape index (κ3) is 6.85. The van der Waals surface area contributed by atoms with Crippen LogP contribution in [0.2, 0.25) is 0 Å². The summed E-state index contributed by atoms with van der Waals surface area (Å²) >= 11 is 0. The first-order chi connectivity index (χ1) is 21.2. The summed E-state index contributed by atoms with van der Waals surface area (Å²) in [7, 11) is 0. The quantitative estimate of drug-likeness (QED) is 0.308. The molecule has 5 rings (SSSR count). The summed E-state index contributed by atoms with van der Waals surface area (Å²) in [5.41, 5.74) is 5.20. The van der Waals surface area contributed by atoms with Crippen LogP contribution in [0, 0.1) is 5.92 Å². The highest BCUT2D eigenvalue weighted by Gasteiger charge is 2.37. The number of fused-ring (bicyclic) bond motifs is 3. The van der Waals surface area contributed by atoms with Gasteiger partial charge in [-0.2, -0.15) is 0 Å². The first-order valence-corrected chi connectivity index (χ1v) is 15.0. The molecule has 44 heavy (non-hydrogen) atoms. The van der Waals surface area contributed by atoms with E-state index in [1.165, 1.54) is 10.0 Å². The summed E-state index contributed by atoms with van der Waals surface area (Å²) in [6, 6.07) is 22.6. The van der Waals surface area contributed by atoms with Crippen LogP contribution >= 0.6 is 0 Å². The van der Waals surface area contributed by atoms with Gasteiger partial charge in [-0.1, -0.05) is 92.7 Å². The fraction of sp³-hybridized carbons (Fsp3) is 0.353. The molecular formula is C34H38N4O6. The molecule has 1 fully saturated rings. The van der Waals surface area contributed by atoms with Crippen LogP contribution in [-0.2, 0) is 20.7 Å². The lowest BCUT2D eigenvalue weighted by Crippen LogP contribution is -2.57. The third-order valence-corrected chi connectivity index (χ3v) is 8.04. The smallest absolute Gasteiger partial charge is 0.407 e. The molecule has 2 atom stereocenters. The number of benzene rings is 3. The van der Waals surface area contributed by atoms with E-state index < -0.39 is 36.1 Å². The number of nitrogens with one attached hydrogen (secondary N) is 2. The van der Waals surface area contributed by atoms with Crippen molar-refractivity contribution in [3.05, 3.63) is 95.6 Å². The molecule has 3 N–H and O–H groups in total. The van der Waals surface area contributed by atoms with Crippen LogP contribution in [0.3, 0.4) is 0 Å². The van der Waals surface area contributed by atoms with Gasteiger partial charge in [-0.15, -0.1) is 0 Å². The van der Waals surface area contributed by atoms with Gasteiger partial charge in [-0.3, -0.25) is 4.79 Å². The summed E-state index contributed by atoms with van der Waals surface area (Å²) in [5.74, 6) is -1.71. The SMILES string of the molecule is CC(C)CC(NC(=O)N1CCCN1C(=O)C(Cc1ccccc1)NC(=O)OCC1c2ccccc2-c2ccccc21)C(=O)O. The minimum absolute atomic E-state index is 0.0457. The minimum Gasteiger partial charge on any atom is -0.480 e. The first-order valence-electron chi connectivity index (χ1n) is 15.0. The number of hydrogen-bond acceptors (Lipinski definition) is 5. The largest absolute Gasteiger partial charge is 0.480 e. The average Bonchev–Trinajstić information content (AvgIpc) is 3.63. The van der Waals surface area contributed by atoms with Crippen LogP contribution in [0.25, 0.3) is 11.1 Å². The van der Waals surface area contributed by atoms with Gasteiger partial charge in [-0.25, -0.2) is 24.4 Å². The van der Waals surface area contributed by atoms with Crippen molar-refractivity contribution in [1.82, 2.24) is 20.7 Å². The molecule has 0 aromatic heterocycles. The third-order valence-electron chi connectivity index (χ3n) is 8.04. The summed E-state index contributed by atoms with van der Waals surface area (Å²) in [5, 5.41) is 17.4. The standard InChI is InChI=1S/C34H38N4O6/c1-22(2)19-30(32(40)41)35-33(42)38-18-10-17-37(38)31(39)29(20-23-11-4-3-5-12-23)36-34(43)44-21-28-26-15-8-6-13-24(26)25-14-7-9-16-27(25)28/h3-9,11-16,22,28-30H,10,17-21H2,1-2H3,(H,35,42)(H,36,43)(H,40,41). The second-order valence-corrected chi connectivity index (χ2v) is 11.6. The van der Waals surface area contributed by atoms with Gasteiger partial charge in [0.25, 0.3) is 5.91 Å². The van der Waals surface area contributed by atoms with Crippen LogP contribution in [0.1, 0.15) is 49.3 Å². The van der Waals surface area contributed by atoms with E-state index in [0.717, 1.165) is 27.8 Å². The summed E-state index contributed by atoms with van der Waals surface area (Å²) in [6.45, 7) is 4.34. The number of nitrogens with zero attached hydrogens (tertiary/aromatic N) is 2. The van der Waals surface area contributed by atoms with E-state index in [-0.39, 0.29) is 44.4 Å². The molecule has 0 spiro atoms. The van der Waals surface area contributed by atoms with E-state index in [1.54, 1.807) is 0 Å². The van der Waals surface area contributed by atoms with E-state index in [1.807, 2.05) is 80.6 Å². The molecule has 1 saturated heterocycles. The Morgan fingerprint density at radius 3 is 2.02 bits per heavy atom. The van der Waals surface area contributed by atoms with Crippen LogP contribution in [0.5, 0.6) is 0 Å². The zero-order chi connectivity index (χ0) is 31.2. The Bertz CT molecular complexity index is 1460. The fourth-order valence-electron chi connectivity index (χ4n) is 5.98. The van der Waals surface area contributed by atoms with Gasteiger partial charge in [0.05, 0.1) is 0 Å². The molecule has 0 radical (unpaired) electrons. The van der Waals surface area contributed by atoms with Gasteiger partial charge in [0.1, 0.15) is 18.7 Å². The summed E-state index contributed by atoms with van der Waals surface area (Å²) in [4.78, 5) is 52.0. The molecular weight excluding hydrogens is 560 g/mol. The van der Waals surface area contributed by atoms with Gasteiger partial charge in [0, 0.05) is 25.4 Å². The Hall–Kier alpha value is -4.86. The number of ether oxygens (including phenoxy) is 1. The van der Waals surface area contributed by atoms with E-state index in [2.05, 4.69) is 22.8 Å². The van der Waals surface area contributed by atoms with E-state index in [9.17, 15) is 24.3 Å². The van der Waals surface area contributed by atoms with Gasteiger partial charge >= 0.3 is 18.1 Å². The Morgan fingerprint density at radius 2 is 1.41 bits per heavy atom. The Labute approximate surface area is 257 Å². The number of alkyl carbamates (subject to hydrolysis) is 1. The maximum Gasteiger partial charge on any atom is 0.407 e. The van der Waals surface area contributed by atoms with Gasteiger partial charge in [0.2, 0.25) is 0 Å². The highest BCUT2D eigenvalue weighted by molar-refractivity contribution is 5.89. The molecule has 0 bridgehead atoms. The van der Waals surface area contributed by atoms with Gasteiger partial charge in [-0.05, 0) is 46.6 Å². The highest BCUT2D eigenvalue weighted by atomic mass is 16.5. The normalized spacial score (nSPS) is 15.3. The monoisotopic (exact) mass is 598 g/mol. The van der Waals surface area contributed by atoms with Gasteiger partial charge < -0.3 is 20.5 Å². The van der Waals surface area contributed by atoms with Crippen LogP contribution in [-0.4, -0.2) is 70.9 Å². The number of rotatable bonds is 10. The first kappa shape index (κ1) is 30.6. The zero-order valence-electron chi connectivity index (χ0n) is 24.9. The lowest BCUT2D eigenvalue weighted by Gasteiger charge is -2.32. The van der Waals surface area contributed by atoms with Crippen LogP contribution in [0.4, 0.5) is 9.59 Å². The van der Waals surface area contributed by atoms with Crippen molar-refractivity contribution in [3.8, 4) is 11.1 Å². The number of urea groups is 1. The number of amides is 4. The van der Waals surface area contributed by atoms with E-state index in [4.69, 9.17) is 4.74 Å². The van der Waals surface area contributed by atoms with Crippen LogP contribution in [0.15, 0.2) is 78.9 Å². The molecule has 1 aliphatic carbocycles. The molecule has 10 nitrogen and oxygen atoms in total. The molecule has 0 saturated carbocycles. The number of carbonyl (C=O) groups excluding carboxylic acids is 3. The van der Waals surface area contributed by atoms with Crippen molar-refractivity contribution in [2.24, 2.45) is 5.92 Å². The van der Waals surface area contributed by atoms with Crippen molar-refractivity contribution < 1.29 is 29.0 Å². The van der Waals surface area contributed by atoms with E-state index >= 15 is 0 Å². The molecule has 4 amide bonds. The van der Waals surface area contributed by atoms with Crippen molar-refractivity contribution in [2.75, 3.05) is 19.7 Å². The predicted octanol–water partition coefficient (Wildman–Crippen LogP) is 4.79. The molecule has 2 unspecified atom stereocenters. The lowest BCUT2D eigenvalue weighted by molar-refractivity contribution is -0.142. The molecule has 1 aliphatic heterocycles. The average molecular weight is 599 g/mol. The number of hydrazine groups is 1. The number of carbonyl (C=O) groups is 4. The topological polar surface area (TPSA) is 128 Å². The second kappa shape index (κ2) is 13.6. The maximum atomic E-state index is 13.9. The molecule has 230 valence electrons. The number of aliphatic carboxylic acids is 1. The lowest BCUT2D eigenvalue weighted by atomic mass is 9.98. The van der Waals surface area contributed by atoms with Crippen LogP contribution < -0.4 is 10.6 Å². The predicted molar refractivity (Wildman–Crippen MR) is 165 cm³/mol. The molecule has 3 aromatic carbocycles. The Kier molecular flexibility index (Phi) is 9.47. The number of hydrogen-bond donors (Lipinski definition) is 3. The molecule has 10 heteroatoms. The van der Waals surface area contributed by atoms with Crippen molar-refractivity contribution in [1.29, 1.82) is 0 Å². The summed E-state index contributed by atoms with van der Waals surface area (Å²) in [6.07, 6.45) is 0.215. The highest BCUT2D eigenvalue weighted by Crippen LogP contribution is 2.44. The maximum absolute atomic E-state index is 13.9. The zero-order valence-corrected chi connectivity index (χ0v) is 24.9. The van der Waals surface area contributed by atoms with Gasteiger partial charge in [0.15, 0.2) is 0 Å². The number of carboxylic acids is 1. The van der Waals surface area contributed by atoms with Crippen molar-refractivity contribution in [2.45, 2.75) is 51.1 Å². The second-order valence-electron chi connectivity index (χ2n) is 11.6. The van der Waals surface area contributed by atoms with Crippen molar-refractivity contribution in [3.63, 3.8) is 0 Å². The molecule has 2 aliphatic rings. The Balaban J connectivity index is 1.29. The summed E-state index contributed by atoms with van der Waals surface area (Å²) < 4.78 is 5.73. The molecule has 3 aromatic rings. The minimum atomic E-state index is -1.14. The van der Waals surface area contributed by atoms with E-state index in [0.29, 0.717) is 6.42 Å². The fourth-order valence-corrected chi connectivity index (χ4v) is 5.98. The number of carboxylic acid groups (broad SMARTS) is 1. The Morgan fingerprint density at radius 1 is 0.818 bits per heavy atom. The van der Waals surface area contributed by atoms with Crippen molar-refractivity contribution >= 4 is 24.0 Å². The molecule has 1 heterocycles.